The van der Waals surface area contributed by atoms with Crippen molar-refractivity contribution in [1.29, 1.82) is 0 Å². The number of aromatic hydroxyl groups is 1. The molecular formula is C33H37BN2O4. The zero-order chi connectivity index (χ0) is 28.7. The Bertz CT molecular complexity index is 1490. The Balaban J connectivity index is 1.71. The summed E-state index contributed by atoms with van der Waals surface area (Å²) in [4.78, 5) is 6.43. The molecule has 1 fully saturated rings. The predicted molar refractivity (Wildman–Crippen MR) is 159 cm³/mol. The standard InChI is InChI=1S/C33H37BN2O4/c1-31(2)32(3,4)40-34(39-31)25-21-27(30(37)35-22-25)29(24-14-8-7-9-15-24)33(38,19-20-36(5)6)28-18-12-16-23-13-10-11-17-26(23)28/h7-11,13-17,21-22,29,38H,19-20H2,1-6H3,(H,35,37). The van der Waals surface area contributed by atoms with Gasteiger partial charge in [-0.1, -0.05) is 72.1 Å². The first-order valence-corrected chi connectivity index (χ1v) is 13.7. The molecule has 0 amide bonds. The van der Waals surface area contributed by atoms with Gasteiger partial charge < -0.3 is 24.4 Å². The Morgan fingerprint density at radius 3 is 2.33 bits per heavy atom. The molecule has 1 saturated heterocycles. The number of benzene rings is 2. The topological polar surface area (TPSA) is 75.1 Å². The smallest absolute Gasteiger partial charge is 0.493 e. The van der Waals surface area contributed by atoms with Crippen molar-refractivity contribution >= 4 is 24.2 Å². The molecule has 6 nitrogen and oxygen atoms in total. The van der Waals surface area contributed by atoms with Crippen molar-refractivity contribution in [2.45, 2.75) is 56.8 Å². The largest absolute Gasteiger partial charge is 0.496 e. The monoisotopic (exact) mass is 536 g/mol. The van der Waals surface area contributed by atoms with E-state index in [9.17, 15) is 10.2 Å². The number of hydrogen-bond acceptors (Lipinski definition) is 6. The van der Waals surface area contributed by atoms with Crippen LogP contribution in [0, 0.1) is 0 Å². The molecule has 2 aromatic carbocycles. The van der Waals surface area contributed by atoms with Crippen molar-refractivity contribution in [3.63, 3.8) is 0 Å². The average molecular weight is 536 g/mol. The van der Waals surface area contributed by atoms with Gasteiger partial charge in [0, 0.05) is 35.3 Å². The van der Waals surface area contributed by atoms with Gasteiger partial charge in [-0.05, 0) is 71.0 Å². The fraction of sp³-hybridized carbons (Fsp3) is 0.364. The summed E-state index contributed by atoms with van der Waals surface area (Å²) in [7, 11) is 3.30. The van der Waals surface area contributed by atoms with Gasteiger partial charge >= 0.3 is 7.12 Å². The van der Waals surface area contributed by atoms with Gasteiger partial charge in [0.05, 0.1) is 11.2 Å². The van der Waals surface area contributed by atoms with Crippen LogP contribution in [0.2, 0.25) is 0 Å². The van der Waals surface area contributed by atoms with Crippen molar-refractivity contribution in [1.82, 2.24) is 9.88 Å². The van der Waals surface area contributed by atoms with Crippen LogP contribution < -0.4 is 5.46 Å². The molecular weight excluding hydrogens is 499 g/mol. The minimum absolute atomic E-state index is 0.151. The molecule has 0 radical (unpaired) electrons. The number of aliphatic hydroxyl groups is 1. The predicted octanol–water partition coefficient (Wildman–Crippen LogP) is 4.77. The zero-order valence-corrected chi connectivity index (χ0v) is 24.1. The maximum atomic E-state index is 13.0. The van der Waals surface area contributed by atoms with Crippen LogP contribution in [0.15, 0.2) is 78.3 Å². The number of aromatic nitrogens is 1. The van der Waals surface area contributed by atoms with E-state index >= 15 is 0 Å². The van der Waals surface area contributed by atoms with Crippen molar-refractivity contribution in [3.8, 4) is 5.88 Å². The molecule has 2 atom stereocenters. The summed E-state index contributed by atoms with van der Waals surface area (Å²) in [6, 6.07) is 19.6. The first-order chi connectivity index (χ1) is 18.9. The van der Waals surface area contributed by atoms with Crippen molar-refractivity contribution in [3.05, 3.63) is 101 Å². The van der Waals surface area contributed by atoms with E-state index in [1.165, 1.54) is 0 Å². The molecule has 2 aliphatic rings. The SMILES string of the molecule is CN(C)CCC(O)(C1=C=C=Cc2ccccc21)C(c1ccccc1)c1cc(B2OC(C)(C)C(C)(C)O2)cnc1O. The molecule has 1 aliphatic carbocycles. The van der Waals surface area contributed by atoms with E-state index < -0.39 is 29.8 Å². The highest BCUT2D eigenvalue weighted by molar-refractivity contribution is 6.62. The summed E-state index contributed by atoms with van der Waals surface area (Å²) in [5.41, 5.74) is 8.32. The molecule has 2 heterocycles. The highest BCUT2D eigenvalue weighted by Crippen LogP contribution is 2.48. The highest BCUT2D eigenvalue weighted by atomic mass is 16.7. The highest BCUT2D eigenvalue weighted by Gasteiger charge is 2.52. The lowest BCUT2D eigenvalue weighted by molar-refractivity contribution is 0.00578. The second kappa shape index (κ2) is 10.5. The van der Waals surface area contributed by atoms with Gasteiger partial charge in [-0.15, -0.1) is 0 Å². The van der Waals surface area contributed by atoms with E-state index in [2.05, 4.69) is 16.4 Å². The summed E-state index contributed by atoms with van der Waals surface area (Å²) in [6.07, 6.45) is 3.83. The third-order valence-corrected chi connectivity index (χ3v) is 8.39. The molecule has 2 N–H and O–H groups in total. The molecule has 0 bridgehead atoms. The van der Waals surface area contributed by atoms with Crippen LogP contribution in [0.4, 0.5) is 0 Å². The van der Waals surface area contributed by atoms with Gasteiger partial charge in [0.2, 0.25) is 5.88 Å². The number of fused-ring (bicyclic) bond motifs is 1. The van der Waals surface area contributed by atoms with E-state index in [-0.39, 0.29) is 5.88 Å². The number of rotatable bonds is 8. The fourth-order valence-corrected chi connectivity index (χ4v) is 5.42. The maximum Gasteiger partial charge on any atom is 0.496 e. The van der Waals surface area contributed by atoms with Crippen LogP contribution in [0.1, 0.15) is 62.3 Å². The summed E-state index contributed by atoms with van der Waals surface area (Å²) in [6.45, 7) is 8.60. The lowest BCUT2D eigenvalue weighted by Gasteiger charge is -2.39. The summed E-state index contributed by atoms with van der Waals surface area (Å²) in [5, 5.41) is 24.2. The van der Waals surface area contributed by atoms with Gasteiger partial charge in [0.25, 0.3) is 0 Å². The molecule has 206 valence electrons. The number of hydrogen-bond donors (Lipinski definition) is 2. The van der Waals surface area contributed by atoms with Gasteiger partial charge in [-0.3, -0.25) is 0 Å². The molecule has 1 aromatic heterocycles. The zero-order valence-electron chi connectivity index (χ0n) is 24.1. The number of pyridine rings is 1. The van der Waals surface area contributed by atoms with Crippen LogP contribution >= 0.6 is 0 Å². The molecule has 1 aliphatic heterocycles. The third-order valence-electron chi connectivity index (χ3n) is 8.39. The van der Waals surface area contributed by atoms with E-state index in [0.29, 0.717) is 29.6 Å². The number of nitrogens with zero attached hydrogens (tertiary/aromatic N) is 2. The van der Waals surface area contributed by atoms with E-state index in [1.807, 2.05) is 113 Å². The Hall–Kier alpha value is -3.41. The normalized spacial score (nSPS) is 19.3. The summed E-state index contributed by atoms with van der Waals surface area (Å²) in [5.74, 6) is -0.833. The molecule has 40 heavy (non-hydrogen) atoms. The van der Waals surface area contributed by atoms with Gasteiger partial charge in [0.1, 0.15) is 5.60 Å². The second-order valence-electron chi connectivity index (χ2n) is 12.0. The molecule has 0 spiro atoms. The lowest BCUT2D eigenvalue weighted by atomic mass is 9.68. The van der Waals surface area contributed by atoms with Crippen LogP contribution in [0.25, 0.3) is 11.6 Å². The van der Waals surface area contributed by atoms with Crippen molar-refractivity contribution < 1.29 is 19.5 Å². The van der Waals surface area contributed by atoms with E-state index in [4.69, 9.17) is 9.31 Å². The molecule has 2 unspecified atom stereocenters. The molecule has 0 saturated carbocycles. The lowest BCUT2D eigenvalue weighted by Crippen LogP contribution is -2.42. The minimum atomic E-state index is -1.48. The molecule has 5 rings (SSSR count). The first kappa shape index (κ1) is 28.1. The molecule has 3 aromatic rings. The quantitative estimate of drug-likeness (QED) is 0.319. The average Bonchev–Trinajstić information content (AvgIpc) is 3.15. The molecule has 7 heteroatoms. The van der Waals surface area contributed by atoms with Gasteiger partial charge in [-0.2, -0.15) is 0 Å². The Kier molecular flexibility index (Phi) is 7.41. The van der Waals surface area contributed by atoms with Gasteiger partial charge in [0.15, 0.2) is 0 Å². The Morgan fingerprint density at radius 1 is 1.00 bits per heavy atom. The third kappa shape index (κ3) is 5.09. The Morgan fingerprint density at radius 2 is 1.65 bits per heavy atom. The second-order valence-corrected chi connectivity index (χ2v) is 12.0. The van der Waals surface area contributed by atoms with Gasteiger partial charge in [-0.25, -0.2) is 4.98 Å². The summed E-state index contributed by atoms with van der Waals surface area (Å²) >= 11 is 0. The maximum absolute atomic E-state index is 13.0. The first-order valence-electron chi connectivity index (χ1n) is 13.7. The van der Waals surface area contributed by atoms with Crippen LogP contribution in [0.5, 0.6) is 5.88 Å². The Labute approximate surface area is 237 Å². The van der Waals surface area contributed by atoms with Crippen LogP contribution in [-0.4, -0.2) is 64.7 Å². The summed E-state index contributed by atoms with van der Waals surface area (Å²) < 4.78 is 12.6. The van der Waals surface area contributed by atoms with E-state index in [0.717, 1.165) is 16.7 Å². The van der Waals surface area contributed by atoms with Crippen molar-refractivity contribution in [2.75, 3.05) is 20.6 Å². The van der Waals surface area contributed by atoms with Crippen LogP contribution in [-0.2, 0) is 9.31 Å². The van der Waals surface area contributed by atoms with Crippen LogP contribution in [0.3, 0.4) is 0 Å². The minimum Gasteiger partial charge on any atom is -0.493 e. The van der Waals surface area contributed by atoms with Crippen molar-refractivity contribution in [2.24, 2.45) is 0 Å². The van der Waals surface area contributed by atoms with E-state index in [1.54, 1.807) is 6.20 Å². The fourth-order valence-electron chi connectivity index (χ4n) is 5.42.